The molecule has 0 radical (unpaired) electrons. The highest BCUT2D eigenvalue weighted by molar-refractivity contribution is 7.18. The Kier molecular flexibility index (Phi) is 7.36. The van der Waals surface area contributed by atoms with Crippen LogP contribution in [0.2, 0.25) is 0 Å². The quantitative estimate of drug-likeness (QED) is 0.485. The highest BCUT2D eigenvalue weighted by atomic mass is 32.1. The van der Waals surface area contributed by atoms with Crippen LogP contribution in [-0.2, 0) is 4.79 Å². The maximum absolute atomic E-state index is 12.9. The number of aryl methyl sites for hydroxylation is 2. The molecule has 2 atom stereocenters. The molecule has 0 fully saturated rings. The van der Waals surface area contributed by atoms with Crippen molar-refractivity contribution in [2.45, 2.75) is 40.2 Å². The Morgan fingerprint density at radius 3 is 2.42 bits per heavy atom. The second kappa shape index (κ2) is 10.2. The maximum atomic E-state index is 12.9. The average molecular weight is 438 g/mol. The van der Waals surface area contributed by atoms with Crippen LogP contribution in [-0.4, -0.2) is 28.2 Å². The zero-order valence-electron chi connectivity index (χ0n) is 18.1. The van der Waals surface area contributed by atoms with Crippen molar-refractivity contribution in [3.05, 3.63) is 59.7 Å². The van der Waals surface area contributed by atoms with Gasteiger partial charge in [-0.2, -0.15) is 0 Å². The number of benzene rings is 2. The summed E-state index contributed by atoms with van der Waals surface area (Å²) in [6, 6.07) is 14.3. The summed E-state index contributed by atoms with van der Waals surface area (Å²) in [5.41, 5.74) is 3.81. The van der Waals surface area contributed by atoms with Crippen molar-refractivity contribution in [1.82, 2.24) is 15.5 Å². The molecule has 3 amide bonds. The van der Waals surface area contributed by atoms with Crippen LogP contribution in [0.4, 0.5) is 15.6 Å². The number of hydrogen-bond acceptors (Lipinski definition) is 5. The van der Waals surface area contributed by atoms with Gasteiger partial charge in [0.2, 0.25) is 11.0 Å². The lowest BCUT2D eigenvalue weighted by molar-refractivity contribution is -0.119. The Morgan fingerprint density at radius 1 is 1.00 bits per heavy atom. The summed E-state index contributed by atoms with van der Waals surface area (Å²) >= 11 is 1.30. The van der Waals surface area contributed by atoms with E-state index in [2.05, 4.69) is 26.1 Å². The van der Waals surface area contributed by atoms with Crippen LogP contribution in [0.25, 0.3) is 10.6 Å². The van der Waals surface area contributed by atoms with Gasteiger partial charge in [-0.3, -0.25) is 10.1 Å². The molecule has 0 aliphatic carbocycles. The van der Waals surface area contributed by atoms with E-state index in [9.17, 15) is 9.59 Å². The summed E-state index contributed by atoms with van der Waals surface area (Å²) < 4.78 is 0. The van der Waals surface area contributed by atoms with Crippen molar-refractivity contribution in [3.8, 4) is 10.6 Å². The average Bonchev–Trinajstić information content (AvgIpc) is 3.20. The lowest BCUT2D eigenvalue weighted by Crippen LogP contribution is -2.49. The van der Waals surface area contributed by atoms with E-state index in [0.717, 1.165) is 28.1 Å². The van der Waals surface area contributed by atoms with Gasteiger partial charge >= 0.3 is 6.03 Å². The first kappa shape index (κ1) is 22.4. The van der Waals surface area contributed by atoms with Gasteiger partial charge in [-0.1, -0.05) is 73.6 Å². The summed E-state index contributed by atoms with van der Waals surface area (Å²) in [5.74, 6) is -0.381. The summed E-state index contributed by atoms with van der Waals surface area (Å²) in [6.45, 7) is 7.87. The molecular formula is C23H27N5O2S. The molecule has 0 bridgehead atoms. The fourth-order valence-electron chi connectivity index (χ4n) is 3.00. The third-order valence-electron chi connectivity index (χ3n) is 5.01. The number of carbonyl (C=O) groups excluding carboxylic acids is 2. The largest absolute Gasteiger partial charge is 0.326 e. The van der Waals surface area contributed by atoms with Gasteiger partial charge in [-0.25, -0.2) is 4.79 Å². The number of hydrogen-bond donors (Lipinski definition) is 3. The SMILES string of the molecule is CCC(C)C(NC(=O)Nc1cccc(C)c1)C(=O)Nc1nnc(-c2ccc(C)cc2)s1. The summed E-state index contributed by atoms with van der Waals surface area (Å²) in [5, 5.41) is 17.8. The number of carbonyl (C=O) groups is 2. The molecule has 1 heterocycles. The van der Waals surface area contributed by atoms with Crippen molar-refractivity contribution < 1.29 is 9.59 Å². The van der Waals surface area contributed by atoms with Gasteiger partial charge in [0.25, 0.3) is 0 Å². The van der Waals surface area contributed by atoms with Gasteiger partial charge < -0.3 is 10.6 Å². The van der Waals surface area contributed by atoms with Crippen LogP contribution >= 0.6 is 11.3 Å². The second-order valence-corrected chi connectivity index (χ2v) is 8.58. The Hall–Kier alpha value is -3.26. The minimum atomic E-state index is -0.707. The summed E-state index contributed by atoms with van der Waals surface area (Å²) in [6.07, 6.45) is 0.730. The Morgan fingerprint density at radius 2 is 1.74 bits per heavy atom. The van der Waals surface area contributed by atoms with E-state index < -0.39 is 12.1 Å². The topological polar surface area (TPSA) is 96.0 Å². The van der Waals surface area contributed by atoms with E-state index in [1.54, 1.807) is 6.07 Å². The van der Waals surface area contributed by atoms with E-state index in [1.807, 2.05) is 70.2 Å². The number of anilines is 2. The van der Waals surface area contributed by atoms with E-state index >= 15 is 0 Å². The van der Waals surface area contributed by atoms with Crippen LogP contribution in [0.5, 0.6) is 0 Å². The predicted octanol–water partition coefficient (Wildman–Crippen LogP) is 5.00. The zero-order chi connectivity index (χ0) is 22.4. The molecule has 3 rings (SSSR count). The third-order valence-corrected chi connectivity index (χ3v) is 5.90. The van der Waals surface area contributed by atoms with Crippen LogP contribution in [0.3, 0.4) is 0 Å². The molecule has 0 saturated carbocycles. The predicted molar refractivity (Wildman–Crippen MR) is 125 cm³/mol. The van der Waals surface area contributed by atoms with E-state index in [4.69, 9.17) is 0 Å². The fourth-order valence-corrected chi connectivity index (χ4v) is 3.75. The number of nitrogens with zero attached hydrogens (tertiary/aromatic N) is 2. The Labute approximate surface area is 186 Å². The first-order valence-corrected chi connectivity index (χ1v) is 11.0. The molecule has 0 saturated heterocycles. The molecule has 3 aromatic rings. The minimum Gasteiger partial charge on any atom is -0.326 e. The molecule has 0 aliphatic rings. The molecule has 2 unspecified atom stereocenters. The molecule has 7 nitrogen and oxygen atoms in total. The van der Waals surface area contributed by atoms with E-state index in [-0.39, 0.29) is 11.8 Å². The maximum Gasteiger partial charge on any atom is 0.319 e. The fraction of sp³-hybridized carbons (Fsp3) is 0.304. The normalized spacial score (nSPS) is 12.6. The monoisotopic (exact) mass is 437 g/mol. The van der Waals surface area contributed by atoms with Crippen molar-refractivity contribution in [1.29, 1.82) is 0 Å². The molecule has 162 valence electrons. The smallest absolute Gasteiger partial charge is 0.319 e. The minimum absolute atomic E-state index is 0.0623. The van der Waals surface area contributed by atoms with Gasteiger partial charge in [0.1, 0.15) is 11.0 Å². The molecule has 8 heteroatoms. The van der Waals surface area contributed by atoms with Gasteiger partial charge in [-0.05, 0) is 37.5 Å². The number of amides is 3. The van der Waals surface area contributed by atoms with Crippen molar-refractivity contribution in [2.75, 3.05) is 10.6 Å². The van der Waals surface area contributed by atoms with Gasteiger partial charge in [0, 0.05) is 11.3 Å². The Balaban J connectivity index is 1.67. The summed E-state index contributed by atoms with van der Waals surface area (Å²) in [4.78, 5) is 25.4. The first-order valence-electron chi connectivity index (χ1n) is 10.2. The molecule has 31 heavy (non-hydrogen) atoms. The molecule has 2 aromatic carbocycles. The standard InChI is InChI=1S/C23H27N5O2S/c1-5-16(4)19(25-22(30)24-18-8-6-7-15(3)13-18)20(29)26-23-28-27-21(31-23)17-11-9-14(2)10-12-17/h6-13,16,19H,5H2,1-4H3,(H2,24,25,30)(H,26,28,29). The van der Waals surface area contributed by atoms with Crippen LogP contribution in [0.15, 0.2) is 48.5 Å². The molecule has 1 aromatic heterocycles. The highest BCUT2D eigenvalue weighted by Gasteiger charge is 2.27. The van der Waals surface area contributed by atoms with Crippen molar-refractivity contribution in [2.24, 2.45) is 5.92 Å². The molecule has 0 spiro atoms. The zero-order valence-corrected chi connectivity index (χ0v) is 18.9. The molecule has 0 aliphatic heterocycles. The highest BCUT2D eigenvalue weighted by Crippen LogP contribution is 2.26. The number of urea groups is 1. The lowest BCUT2D eigenvalue weighted by Gasteiger charge is -2.23. The van der Waals surface area contributed by atoms with E-state index in [0.29, 0.717) is 10.8 Å². The Bertz CT molecular complexity index is 1050. The van der Waals surface area contributed by atoms with Gasteiger partial charge in [0.05, 0.1) is 0 Å². The van der Waals surface area contributed by atoms with Crippen LogP contribution in [0.1, 0.15) is 31.4 Å². The van der Waals surface area contributed by atoms with Crippen LogP contribution in [0, 0.1) is 19.8 Å². The molecule has 3 N–H and O–H groups in total. The van der Waals surface area contributed by atoms with E-state index in [1.165, 1.54) is 11.3 Å². The second-order valence-electron chi connectivity index (χ2n) is 7.60. The van der Waals surface area contributed by atoms with Crippen molar-refractivity contribution in [3.63, 3.8) is 0 Å². The number of aromatic nitrogens is 2. The van der Waals surface area contributed by atoms with Crippen molar-refractivity contribution >= 4 is 34.1 Å². The van der Waals surface area contributed by atoms with Gasteiger partial charge in [-0.15, -0.1) is 10.2 Å². The lowest BCUT2D eigenvalue weighted by atomic mass is 9.98. The molecular weight excluding hydrogens is 410 g/mol. The third kappa shape index (κ3) is 6.11. The number of nitrogens with one attached hydrogen (secondary N) is 3. The van der Waals surface area contributed by atoms with Gasteiger partial charge in [0.15, 0.2) is 0 Å². The van der Waals surface area contributed by atoms with Crippen LogP contribution < -0.4 is 16.0 Å². The summed E-state index contributed by atoms with van der Waals surface area (Å²) in [7, 11) is 0. The first-order chi connectivity index (χ1) is 14.9. The number of rotatable bonds is 7.